The standard InChI is InChI=1S/C21H17N5O5/c1-30-17-10-6-14(7-11-17)19-23-21(22-13-18-3-2-12-31-18)25(24-19)20(27)15-4-8-16(9-5-15)26(28)29/h2-12H,13H2,1H3,(H,22,23,24). The molecule has 2 aromatic heterocycles. The van der Waals surface area contributed by atoms with Crippen molar-refractivity contribution in [3.8, 4) is 17.1 Å². The Morgan fingerprint density at radius 2 is 1.90 bits per heavy atom. The van der Waals surface area contributed by atoms with Gasteiger partial charge in [0.15, 0.2) is 5.82 Å². The van der Waals surface area contributed by atoms with Crippen LogP contribution in [0, 0.1) is 10.1 Å². The van der Waals surface area contributed by atoms with E-state index in [1.165, 1.54) is 24.3 Å². The van der Waals surface area contributed by atoms with Crippen molar-refractivity contribution < 1.29 is 18.9 Å². The van der Waals surface area contributed by atoms with E-state index in [1.807, 2.05) is 0 Å². The van der Waals surface area contributed by atoms with E-state index in [0.717, 1.165) is 4.68 Å². The Balaban J connectivity index is 1.68. The monoisotopic (exact) mass is 419 g/mol. The molecule has 2 aromatic carbocycles. The van der Waals surface area contributed by atoms with Crippen LogP contribution >= 0.6 is 0 Å². The molecule has 0 spiro atoms. The number of hydrogen-bond donors (Lipinski definition) is 1. The summed E-state index contributed by atoms with van der Waals surface area (Å²) in [5.74, 6) is 1.40. The van der Waals surface area contributed by atoms with Gasteiger partial charge in [0.05, 0.1) is 24.8 Å². The van der Waals surface area contributed by atoms with Gasteiger partial charge in [-0.2, -0.15) is 9.67 Å². The number of nitrogens with zero attached hydrogens (tertiary/aromatic N) is 4. The van der Waals surface area contributed by atoms with Gasteiger partial charge in [0.25, 0.3) is 11.6 Å². The maximum atomic E-state index is 13.1. The molecule has 0 amide bonds. The summed E-state index contributed by atoms with van der Waals surface area (Å²) in [6.07, 6.45) is 1.55. The van der Waals surface area contributed by atoms with E-state index in [9.17, 15) is 14.9 Å². The molecule has 1 N–H and O–H groups in total. The number of rotatable bonds is 7. The third-order valence-electron chi connectivity index (χ3n) is 4.47. The first kappa shape index (κ1) is 19.8. The summed E-state index contributed by atoms with van der Waals surface area (Å²) >= 11 is 0. The van der Waals surface area contributed by atoms with Crippen molar-refractivity contribution in [2.45, 2.75) is 6.54 Å². The van der Waals surface area contributed by atoms with Crippen molar-refractivity contribution in [1.29, 1.82) is 0 Å². The third kappa shape index (κ3) is 4.27. The summed E-state index contributed by atoms with van der Waals surface area (Å²) < 4.78 is 11.6. The van der Waals surface area contributed by atoms with Crippen molar-refractivity contribution in [3.05, 3.63) is 88.4 Å². The Bertz CT molecular complexity index is 1200. The molecule has 0 aliphatic rings. The molecule has 4 rings (SSSR count). The number of methoxy groups -OCH3 is 1. The Kier molecular flexibility index (Phi) is 5.43. The Labute approximate surface area is 176 Å². The summed E-state index contributed by atoms with van der Waals surface area (Å²) in [7, 11) is 1.57. The first-order valence-electron chi connectivity index (χ1n) is 9.22. The molecule has 10 heteroatoms. The number of anilines is 1. The quantitative estimate of drug-likeness (QED) is 0.355. The normalized spacial score (nSPS) is 10.6. The number of non-ortho nitro benzene ring substituents is 1. The van der Waals surface area contributed by atoms with Crippen LogP contribution in [0.3, 0.4) is 0 Å². The largest absolute Gasteiger partial charge is 0.497 e. The van der Waals surface area contributed by atoms with Gasteiger partial charge in [0.2, 0.25) is 5.95 Å². The first-order chi connectivity index (χ1) is 15.0. The zero-order valence-electron chi connectivity index (χ0n) is 16.4. The number of carbonyl (C=O) groups excluding carboxylic acids is 1. The van der Waals surface area contributed by atoms with Crippen molar-refractivity contribution in [1.82, 2.24) is 14.8 Å². The number of benzene rings is 2. The molecule has 0 saturated carbocycles. The lowest BCUT2D eigenvalue weighted by Gasteiger charge is -2.06. The number of nitrogens with one attached hydrogen (secondary N) is 1. The van der Waals surface area contributed by atoms with Crippen LogP contribution in [0.15, 0.2) is 71.3 Å². The lowest BCUT2D eigenvalue weighted by Crippen LogP contribution is -2.17. The van der Waals surface area contributed by atoms with Crippen LogP contribution in [0.5, 0.6) is 5.75 Å². The highest BCUT2D eigenvalue weighted by molar-refractivity contribution is 5.97. The maximum absolute atomic E-state index is 13.1. The molecule has 0 fully saturated rings. The maximum Gasteiger partial charge on any atom is 0.281 e. The zero-order valence-corrected chi connectivity index (χ0v) is 16.4. The summed E-state index contributed by atoms with van der Waals surface area (Å²) in [4.78, 5) is 27.9. The molecule has 156 valence electrons. The summed E-state index contributed by atoms with van der Waals surface area (Å²) in [6.45, 7) is 0.293. The van der Waals surface area contributed by atoms with Gasteiger partial charge in [0.1, 0.15) is 11.5 Å². The Morgan fingerprint density at radius 1 is 1.16 bits per heavy atom. The number of nitro groups is 1. The molecule has 0 unspecified atom stereocenters. The van der Waals surface area contributed by atoms with Crippen LogP contribution in [0.4, 0.5) is 11.6 Å². The second kappa shape index (κ2) is 8.49. The van der Waals surface area contributed by atoms with E-state index >= 15 is 0 Å². The predicted octanol–water partition coefficient (Wildman–Crippen LogP) is 3.76. The first-order valence-corrected chi connectivity index (χ1v) is 9.22. The average Bonchev–Trinajstić information content (AvgIpc) is 3.47. The fraction of sp³-hybridized carbons (Fsp3) is 0.0952. The lowest BCUT2D eigenvalue weighted by molar-refractivity contribution is -0.384. The average molecular weight is 419 g/mol. The van der Waals surface area contributed by atoms with Gasteiger partial charge in [-0.15, -0.1) is 5.10 Å². The fourth-order valence-corrected chi connectivity index (χ4v) is 2.86. The molecule has 0 saturated heterocycles. The van der Waals surface area contributed by atoms with E-state index < -0.39 is 10.8 Å². The molecular weight excluding hydrogens is 402 g/mol. The van der Waals surface area contributed by atoms with E-state index in [2.05, 4.69) is 15.4 Å². The van der Waals surface area contributed by atoms with Gasteiger partial charge >= 0.3 is 0 Å². The van der Waals surface area contributed by atoms with E-state index in [1.54, 1.807) is 49.8 Å². The topological polar surface area (TPSA) is 125 Å². The van der Waals surface area contributed by atoms with Crippen LogP contribution in [0.2, 0.25) is 0 Å². The highest BCUT2D eigenvalue weighted by Crippen LogP contribution is 2.22. The minimum absolute atomic E-state index is 0.106. The number of ether oxygens (including phenoxy) is 1. The molecule has 31 heavy (non-hydrogen) atoms. The molecule has 10 nitrogen and oxygen atoms in total. The van der Waals surface area contributed by atoms with Crippen molar-refractivity contribution in [2.24, 2.45) is 0 Å². The van der Waals surface area contributed by atoms with Crippen LogP contribution < -0.4 is 10.1 Å². The number of aromatic nitrogens is 3. The summed E-state index contributed by atoms with van der Waals surface area (Å²) in [5, 5.41) is 18.3. The predicted molar refractivity (Wildman–Crippen MR) is 111 cm³/mol. The van der Waals surface area contributed by atoms with Crippen LogP contribution in [-0.4, -0.2) is 32.7 Å². The van der Waals surface area contributed by atoms with Crippen molar-refractivity contribution >= 4 is 17.5 Å². The van der Waals surface area contributed by atoms with Gasteiger partial charge in [0, 0.05) is 23.3 Å². The summed E-state index contributed by atoms with van der Waals surface area (Å²) in [6, 6.07) is 15.9. The number of carbonyl (C=O) groups is 1. The van der Waals surface area contributed by atoms with Crippen molar-refractivity contribution in [3.63, 3.8) is 0 Å². The van der Waals surface area contributed by atoms with E-state index in [-0.39, 0.29) is 17.2 Å². The van der Waals surface area contributed by atoms with E-state index in [0.29, 0.717) is 29.4 Å². The minimum Gasteiger partial charge on any atom is -0.497 e. The smallest absolute Gasteiger partial charge is 0.281 e. The number of hydrogen-bond acceptors (Lipinski definition) is 8. The van der Waals surface area contributed by atoms with Gasteiger partial charge in [-0.3, -0.25) is 14.9 Å². The lowest BCUT2D eigenvalue weighted by atomic mass is 10.2. The molecule has 0 radical (unpaired) electrons. The number of nitro benzene ring substituents is 1. The Hall–Kier alpha value is -4.47. The van der Waals surface area contributed by atoms with Crippen LogP contribution in [0.1, 0.15) is 16.1 Å². The molecule has 0 aliphatic carbocycles. The van der Waals surface area contributed by atoms with Gasteiger partial charge in [-0.25, -0.2) is 0 Å². The second-order valence-electron chi connectivity index (χ2n) is 6.44. The van der Waals surface area contributed by atoms with Gasteiger partial charge < -0.3 is 14.5 Å². The minimum atomic E-state index is -0.526. The van der Waals surface area contributed by atoms with Crippen molar-refractivity contribution in [2.75, 3.05) is 12.4 Å². The molecule has 4 aromatic rings. The molecule has 0 aliphatic heterocycles. The molecule has 2 heterocycles. The second-order valence-corrected chi connectivity index (χ2v) is 6.44. The Morgan fingerprint density at radius 3 is 2.52 bits per heavy atom. The van der Waals surface area contributed by atoms with E-state index in [4.69, 9.17) is 9.15 Å². The highest BCUT2D eigenvalue weighted by atomic mass is 16.6. The SMILES string of the molecule is COc1ccc(-c2nc(NCc3ccco3)n(C(=O)c3ccc([N+](=O)[O-])cc3)n2)cc1. The van der Waals surface area contributed by atoms with Gasteiger partial charge in [-0.05, 0) is 48.5 Å². The molecule has 0 atom stereocenters. The third-order valence-corrected chi connectivity index (χ3v) is 4.47. The van der Waals surface area contributed by atoms with Gasteiger partial charge in [-0.1, -0.05) is 0 Å². The van der Waals surface area contributed by atoms with Crippen LogP contribution in [-0.2, 0) is 6.54 Å². The number of furan rings is 1. The molecule has 0 bridgehead atoms. The van der Waals surface area contributed by atoms with Crippen LogP contribution in [0.25, 0.3) is 11.4 Å². The summed E-state index contributed by atoms with van der Waals surface area (Å²) in [5.41, 5.74) is 0.820. The zero-order chi connectivity index (χ0) is 21.8. The highest BCUT2D eigenvalue weighted by Gasteiger charge is 2.20. The molecular formula is C21H17N5O5. The fourth-order valence-electron chi connectivity index (χ4n) is 2.86.